The van der Waals surface area contributed by atoms with Crippen LogP contribution in [0.4, 0.5) is 0 Å². The molecule has 6 heteroatoms. The van der Waals surface area contributed by atoms with Gasteiger partial charge in [0.2, 0.25) is 0 Å². The molecule has 0 saturated carbocycles. The highest BCUT2D eigenvalue weighted by Crippen LogP contribution is 2.16. The zero-order valence-corrected chi connectivity index (χ0v) is 15.6. The molecule has 2 heterocycles. The van der Waals surface area contributed by atoms with Crippen LogP contribution in [0.25, 0.3) is 10.8 Å². The van der Waals surface area contributed by atoms with Gasteiger partial charge in [-0.25, -0.2) is 0 Å². The number of hydrogen-bond acceptors (Lipinski definition) is 4. The minimum Gasteiger partial charge on any atom is -0.489 e. The van der Waals surface area contributed by atoms with Gasteiger partial charge in [-0.3, -0.25) is 14.6 Å². The van der Waals surface area contributed by atoms with Crippen molar-refractivity contribution in [2.75, 3.05) is 0 Å². The summed E-state index contributed by atoms with van der Waals surface area (Å²) in [5.41, 5.74) is 2.17. The number of H-pyrrole nitrogens is 1. The second-order valence-corrected chi connectivity index (χ2v) is 6.55. The van der Waals surface area contributed by atoms with Crippen molar-refractivity contribution in [1.29, 1.82) is 0 Å². The summed E-state index contributed by atoms with van der Waals surface area (Å²) in [6.07, 6.45) is 4.95. The van der Waals surface area contributed by atoms with E-state index >= 15 is 0 Å². The van der Waals surface area contributed by atoms with Crippen LogP contribution in [0.2, 0.25) is 0 Å². The number of pyridine rings is 2. The molecule has 0 atom stereocenters. The summed E-state index contributed by atoms with van der Waals surface area (Å²) in [7, 11) is 0. The Balaban J connectivity index is 1.39. The number of carbonyl (C=O) groups is 1. The van der Waals surface area contributed by atoms with E-state index in [0.29, 0.717) is 29.5 Å². The van der Waals surface area contributed by atoms with E-state index in [0.717, 1.165) is 16.9 Å². The number of nitrogens with zero attached hydrogens (tertiary/aromatic N) is 1. The summed E-state index contributed by atoms with van der Waals surface area (Å²) in [4.78, 5) is 31.2. The van der Waals surface area contributed by atoms with Gasteiger partial charge in [0.1, 0.15) is 12.4 Å². The van der Waals surface area contributed by atoms with E-state index < -0.39 is 0 Å². The Morgan fingerprint density at radius 2 is 1.76 bits per heavy atom. The lowest BCUT2D eigenvalue weighted by Crippen LogP contribution is -2.24. The summed E-state index contributed by atoms with van der Waals surface area (Å²) in [6.45, 7) is 0.818. The maximum Gasteiger partial charge on any atom is 0.255 e. The predicted molar refractivity (Wildman–Crippen MR) is 111 cm³/mol. The van der Waals surface area contributed by atoms with Crippen molar-refractivity contribution in [2.24, 2.45) is 0 Å². The average Bonchev–Trinajstić information content (AvgIpc) is 2.78. The van der Waals surface area contributed by atoms with E-state index in [1.165, 1.54) is 6.20 Å². The van der Waals surface area contributed by atoms with Crippen LogP contribution in [0.15, 0.2) is 84.0 Å². The standard InChI is InChI=1S/C23H19N3O3/c27-22-20-6-2-1-5-19(20)21(14-26-22)23(28)25-13-16-7-9-18(10-8-16)29-15-17-4-3-11-24-12-17/h1-12,14H,13,15H2,(H,25,28)(H,26,27). The third kappa shape index (κ3) is 4.32. The summed E-state index contributed by atoms with van der Waals surface area (Å²) >= 11 is 0. The van der Waals surface area contributed by atoms with Gasteiger partial charge in [0.05, 0.1) is 5.56 Å². The Morgan fingerprint density at radius 3 is 2.52 bits per heavy atom. The summed E-state index contributed by atoms with van der Waals surface area (Å²) in [5, 5.41) is 4.02. The van der Waals surface area contributed by atoms with Gasteiger partial charge in [0.15, 0.2) is 0 Å². The fourth-order valence-corrected chi connectivity index (χ4v) is 3.03. The van der Waals surface area contributed by atoms with Gasteiger partial charge in [-0.1, -0.05) is 36.4 Å². The molecular weight excluding hydrogens is 366 g/mol. The van der Waals surface area contributed by atoms with Crippen LogP contribution in [-0.2, 0) is 13.2 Å². The first-order chi connectivity index (χ1) is 14.2. The Kier molecular flexibility index (Phi) is 5.33. The lowest BCUT2D eigenvalue weighted by atomic mass is 10.1. The predicted octanol–water partition coefficient (Wildman–Crippen LogP) is 3.43. The molecule has 4 aromatic rings. The first-order valence-corrected chi connectivity index (χ1v) is 9.20. The van der Waals surface area contributed by atoms with Gasteiger partial charge in [0, 0.05) is 41.5 Å². The quantitative estimate of drug-likeness (QED) is 0.533. The molecule has 2 N–H and O–H groups in total. The van der Waals surface area contributed by atoms with Crippen LogP contribution < -0.4 is 15.6 Å². The fraction of sp³-hybridized carbons (Fsp3) is 0.0870. The molecular formula is C23H19N3O3. The van der Waals surface area contributed by atoms with Crippen molar-refractivity contribution in [3.63, 3.8) is 0 Å². The van der Waals surface area contributed by atoms with Crippen molar-refractivity contribution in [3.05, 3.63) is 106 Å². The SMILES string of the molecule is O=C(NCc1ccc(OCc2cccnc2)cc1)c1c[nH]c(=O)c2ccccc12. The van der Waals surface area contributed by atoms with Crippen LogP contribution in [0.1, 0.15) is 21.5 Å². The highest BCUT2D eigenvalue weighted by atomic mass is 16.5. The van der Waals surface area contributed by atoms with E-state index in [1.54, 1.807) is 30.6 Å². The normalized spacial score (nSPS) is 10.6. The van der Waals surface area contributed by atoms with Gasteiger partial charge in [0.25, 0.3) is 11.5 Å². The maximum absolute atomic E-state index is 12.6. The van der Waals surface area contributed by atoms with Crippen molar-refractivity contribution in [3.8, 4) is 5.75 Å². The van der Waals surface area contributed by atoms with Gasteiger partial charge in [-0.05, 0) is 29.8 Å². The highest BCUT2D eigenvalue weighted by molar-refractivity contribution is 6.06. The molecule has 2 aromatic heterocycles. The Hall–Kier alpha value is -3.93. The largest absolute Gasteiger partial charge is 0.489 e. The molecule has 29 heavy (non-hydrogen) atoms. The molecule has 4 rings (SSSR count). The molecule has 0 spiro atoms. The number of nitrogens with one attached hydrogen (secondary N) is 2. The molecule has 0 saturated heterocycles. The number of aromatic nitrogens is 2. The van der Waals surface area contributed by atoms with E-state index in [4.69, 9.17) is 4.74 Å². The number of aromatic amines is 1. The molecule has 0 aliphatic heterocycles. The maximum atomic E-state index is 12.6. The van der Waals surface area contributed by atoms with Crippen LogP contribution >= 0.6 is 0 Å². The highest BCUT2D eigenvalue weighted by Gasteiger charge is 2.11. The minimum absolute atomic E-state index is 0.209. The summed E-state index contributed by atoms with van der Waals surface area (Å²) < 4.78 is 5.74. The van der Waals surface area contributed by atoms with Gasteiger partial charge in [-0.2, -0.15) is 0 Å². The first kappa shape index (κ1) is 18.4. The zero-order valence-electron chi connectivity index (χ0n) is 15.6. The van der Waals surface area contributed by atoms with E-state index in [2.05, 4.69) is 15.3 Å². The van der Waals surface area contributed by atoms with Gasteiger partial charge < -0.3 is 15.0 Å². The van der Waals surface area contributed by atoms with E-state index in [9.17, 15) is 9.59 Å². The molecule has 0 radical (unpaired) electrons. The Labute approximate surface area is 167 Å². The van der Waals surface area contributed by atoms with Crippen LogP contribution in [0.3, 0.4) is 0 Å². The van der Waals surface area contributed by atoms with E-state index in [-0.39, 0.29) is 11.5 Å². The molecule has 0 bridgehead atoms. The number of carbonyl (C=O) groups excluding carboxylic acids is 1. The van der Waals surface area contributed by atoms with Crippen LogP contribution in [0, 0.1) is 0 Å². The van der Waals surface area contributed by atoms with Crippen LogP contribution in [0.5, 0.6) is 5.75 Å². The topological polar surface area (TPSA) is 84.1 Å². The average molecular weight is 385 g/mol. The first-order valence-electron chi connectivity index (χ1n) is 9.20. The molecule has 6 nitrogen and oxygen atoms in total. The number of rotatable bonds is 6. The number of amides is 1. The van der Waals surface area contributed by atoms with Gasteiger partial charge in [-0.15, -0.1) is 0 Å². The fourth-order valence-electron chi connectivity index (χ4n) is 3.03. The number of benzene rings is 2. The number of hydrogen-bond donors (Lipinski definition) is 2. The Bertz CT molecular complexity index is 1190. The summed E-state index contributed by atoms with van der Waals surface area (Å²) in [5.74, 6) is 0.505. The van der Waals surface area contributed by atoms with Gasteiger partial charge >= 0.3 is 0 Å². The second kappa shape index (κ2) is 8.39. The van der Waals surface area contributed by atoms with Crippen molar-refractivity contribution < 1.29 is 9.53 Å². The molecule has 0 aliphatic rings. The third-order valence-corrected chi connectivity index (χ3v) is 4.56. The lowest BCUT2D eigenvalue weighted by Gasteiger charge is -2.09. The number of ether oxygens (including phenoxy) is 1. The molecule has 0 fully saturated rings. The van der Waals surface area contributed by atoms with Crippen molar-refractivity contribution >= 4 is 16.7 Å². The third-order valence-electron chi connectivity index (χ3n) is 4.56. The lowest BCUT2D eigenvalue weighted by molar-refractivity contribution is 0.0952. The summed E-state index contributed by atoms with van der Waals surface area (Å²) in [6, 6.07) is 18.4. The molecule has 0 aliphatic carbocycles. The molecule has 2 aromatic carbocycles. The monoisotopic (exact) mass is 385 g/mol. The van der Waals surface area contributed by atoms with Crippen LogP contribution in [-0.4, -0.2) is 15.9 Å². The van der Waals surface area contributed by atoms with E-state index in [1.807, 2.05) is 42.5 Å². The molecule has 1 amide bonds. The molecule has 0 unspecified atom stereocenters. The number of fused-ring (bicyclic) bond motifs is 1. The molecule has 144 valence electrons. The minimum atomic E-state index is -0.241. The smallest absolute Gasteiger partial charge is 0.255 e. The zero-order chi connectivity index (χ0) is 20.1. The van der Waals surface area contributed by atoms with Crippen molar-refractivity contribution in [2.45, 2.75) is 13.2 Å². The Morgan fingerprint density at radius 1 is 0.966 bits per heavy atom. The second-order valence-electron chi connectivity index (χ2n) is 6.55. The van der Waals surface area contributed by atoms with Crippen molar-refractivity contribution in [1.82, 2.24) is 15.3 Å².